The van der Waals surface area contributed by atoms with Crippen LogP contribution >= 0.6 is 0 Å². The van der Waals surface area contributed by atoms with E-state index in [2.05, 4.69) is 21.6 Å². The van der Waals surface area contributed by atoms with E-state index >= 15 is 0 Å². The Balaban J connectivity index is 1.68. The largest absolute Gasteiger partial charge is 0.492 e. The monoisotopic (exact) mass is 469 g/mol. The molecule has 1 aromatic carbocycles. The normalized spacial score (nSPS) is 18.6. The minimum atomic E-state index is -0.543. The Morgan fingerprint density at radius 2 is 2.09 bits per heavy atom. The lowest BCUT2D eigenvalue weighted by molar-refractivity contribution is -0.119. The molecule has 0 bridgehead atoms. The van der Waals surface area contributed by atoms with Crippen molar-refractivity contribution in [3.8, 4) is 11.8 Å². The predicted octanol–water partition coefficient (Wildman–Crippen LogP) is 0.0548. The Hall–Kier alpha value is -3.52. The number of nitrogen functional groups attached to an aromatic ring is 1. The number of methoxy groups -OCH3 is 1. The highest BCUT2D eigenvalue weighted by Gasteiger charge is 2.34. The molecule has 1 saturated heterocycles. The lowest BCUT2D eigenvalue weighted by atomic mass is 9.98. The molecule has 2 fully saturated rings. The number of nitriles is 1. The first kappa shape index (κ1) is 23.6. The van der Waals surface area contributed by atoms with Crippen molar-refractivity contribution in [2.45, 2.75) is 44.7 Å². The van der Waals surface area contributed by atoms with E-state index in [1.54, 1.807) is 17.7 Å². The number of anilines is 1. The summed E-state index contributed by atoms with van der Waals surface area (Å²) in [7, 11) is 1.55. The van der Waals surface area contributed by atoms with Gasteiger partial charge in [-0.3, -0.25) is 14.2 Å². The molecule has 0 spiro atoms. The molecule has 11 heteroatoms. The zero-order valence-corrected chi connectivity index (χ0v) is 19.5. The first-order valence-corrected chi connectivity index (χ1v) is 11.6. The predicted molar refractivity (Wildman–Crippen MR) is 128 cm³/mol. The first-order valence-electron chi connectivity index (χ1n) is 11.6. The second-order valence-corrected chi connectivity index (χ2v) is 8.97. The van der Waals surface area contributed by atoms with Crippen LogP contribution in [0.25, 0.3) is 10.9 Å². The lowest BCUT2D eigenvalue weighted by Crippen LogP contribution is -2.46. The quantitative estimate of drug-likeness (QED) is 0.345. The lowest BCUT2D eigenvalue weighted by Gasteiger charge is -2.27. The van der Waals surface area contributed by atoms with Crippen molar-refractivity contribution >= 4 is 22.5 Å². The number of aromatic nitrogens is 2. The maximum absolute atomic E-state index is 12.8. The number of hydrogen-bond donors (Lipinski definition) is 3. The van der Waals surface area contributed by atoms with E-state index in [4.69, 9.17) is 15.8 Å². The van der Waals surface area contributed by atoms with Crippen molar-refractivity contribution in [2.75, 3.05) is 44.0 Å². The van der Waals surface area contributed by atoms with Crippen LogP contribution in [0.2, 0.25) is 0 Å². The zero-order chi connectivity index (χ0) is 24.4. The van der Waals surface area contributed by atoms with Gasteiger partial charge >= 0.3 is 5.69 Å². The Bertz CT molecular complexity index is 1240. The minimum absolute atomic E-state index is 0.00671. The summed E-state index contributed by atoms with van der Waals surface area (Å²) in [5.74, 6) is 6.41. The van der Waals surface area contributed by atoms with Crippen molar-refractivity contribution in [3.05, 3.63) is 33.0 Å². The number of benzene rings is 1. The molecule has 2 atom stereocenters. The van der Waals surface area contributed by atoms with Crippen molar-refractivity contribution in [1.82, 2.24) is 19.9 Å². The van der Waals surface area contributed by atoms with Gasteiger partial charge in [0.15, 0.2) is 5.75 Å². The van der Waals surface area contributed by atoms with Gasteiger partial charge in [-0.15, -0.1) is 0 Å². The molecule has 1 aromatic heterocycles. The molecule has 2 unspecified atom stereocenters. The molecule has 4 N–H and O–H groups in total. The van der Waals surface area contributed by atoms with Gasteiger partial charge in [-0.25, -0.2) is 4.79 Å². The molecule has 4 rings (SSSR count). The second kappa shape index (κ2) is 9.77. The maximum atomic E-state index is 12.8. The van der Waals surface area contributed by atoms with Gasteiger partial charge in [-0.2, -0.15) is 9.94 Å². The van der Waals surface area contributed by atoms with Gasteiger partial charge in [0.25, 0.3) is 5.56 Å². The summed E-state index contributed by atoms with van der Waals surface area (Å²) < 4.78 is 8.06. The van der Waals surface area contributed by atoms with Gasteiger partial charge in [0, 0.05) is 51.6 Å². The molecule has 34 heavy (non-hydrogen) atoms. The van der Waals surface area contributed by atoms with E-state index < -0.39 is 11.2 Å². The molecule has 1 aliphatic heterocycles. The summed E-state index contributed by atoms with van der Waals surface area (Å²) in [6.07, 6.45) is 2.98. The Morgan fingerprint density at radius 3 is 2.74 bits per heavy atom. The Morgan fingerprint density at radius 1 is 1.32 bits per heavy atom. The molecule has 11 nitrogen and oxygen atoms in total. The molecule has 2 aliphatic rings. The third-order valence-electron chi connectivity index (χ3n) is 6.68. The van der Waals surface area contributed by atoms with E-state index in [9.17, 15) is 14.4 Å². The van der Waals surface area contributed by atoms with Crippen LogP contribution in [0, 0.1) is 17.2 Å². The van der Waals surface area contributed by atoms with Crippen LogP contribution in [0.1, 0.15) is 38.6 Å². The summed E-state index contributed by atoms with van der Waals surface area (Å²) in [5, 5.41) is 15.5. The molecule has 2 aromatic rings. The molecular formula is C23H31N7O4. The average molecular weight is 470 g/mol. The minimum Gasteiger partial charge on any atom is -0.492 e. The van der Waals surface area contributed by atoms with Gasteiger partial charge < -0.3 is 26.1 Å². The van der Waals surface area contributed by atoms with Crippen LogP contribution in [0.3, 0.4) is 0 Å². The fourth-order valence-corrected chi connectivity index (χ4v) is 4.83. The van der Waals surface area contributed by atoms with E-state index in [0.29, 0.717) is 47.4 Å². The van der Waals surface area contributed by atoms with Gasteiger partial charge in [-0.1, -0.05) is 0 Å². The number of nitrogens with two attached hydrogens (primary N) is 1. The third-order valence-corrected chi connectivity index (χ3v) is 6.68. The fraction of sp³-hybridized carbons (Fsp3) is 0.565. The zero-order valence-electron chi connectivity index (χ0n) is 19.5. The van der Waals surface area contributed by atoms with Crippen LogP contribution in [0.15, 0.2) is 21.7 Å². The number of nitrogens with one attached hydrogen (secondary N) is 2. The molecule has 0 radical (unpaired) electrons. The van der Waals surface area contributed by atoms with E-state index in [1.807, 2.05) is 6.07 Å². The number of hydrogen-bond acceptors (Lipinski definition) is 8. The summed E-state index contributed by atoms with van der Waals surface area (Å²) in [4.78, 5) is 39.2. The molecule has 2 heterocycles. The number of rotatable bonds is 9. The molecule has 1 aliphatic carbocycles. The van der Waals surface area contributed by atoms with Crippen molar-refractivity contribution in [3.63, 3.8) is 0 Å². The van der Waals surface area contributed by atoms with Gasteiger partial charge in [-0.05, 0) is 37.3 Å². The molecule has 1 amide bonds. The van der Waals surface area contributed by atoms with Crippen LogP contribution < -0.4 is 37.4 Å². The average Bonchev–Trinajstić information content (AvgIpc) is 3.54. The highest BCUT2D eigenvalue weighted by molar-refractivity contribution is 5.90. The third kappa shape index (κ3) is 4.46. The number of carbonyl (C=O) groups excluding carboxylic acids is 1. The SMILES string of the molecule is COc1c(N2CCC(C(CNC(C)=O)NCCC#N)C2)ccc2c(=O)n(N)c(=O)n(C3CC3)c12. The topological polar surface area (TPSA) is 147 Å². The van der Waals surface area contributed by atoms with Crippen molar-refractivity contribution in [2.24, 2.45) is 5.92 Å². The van der Waals surface area contributed by atoms with Crippen LogP contribution in [-0.2, 0) is 4.79 Å². The summed E-state index contributed by atoms with van der Waals surface area (Å²) in [6.45, 7) is 3.97. The van der Waals surface area contributed by atoms with E-state index in [0.717, 1.165) is 31.5 Å². The van der Waals surface area contributed by atoms with E-state index in [-0.39, 0.29) is 23.9 Å². The van der Waals surface area contributed by atoms with Gasteiger partial charge in [0.05, 0.1) is 24.3 Å². The first-order chi connectivity index (χ1) is 16.4. The van der Waals surface area contributed by atoms with Gasteiger partial charge in [0.2, 0.25) is 5.91 Å². The van der Waals surface area contributed by atoms with Crippen LogP contribution in [0.5, 0.6) is 5.75 Å². The number of ether oxygens (including phenoxy) is 1. The fourth-order valence-electron chi connectivity index (χ4n) is 4.83. The number of nitrogens with zero attached hydrogens (tertiary/aromatic N) is 4. The molecule has 182 valence electrons. The standard InChI is InChI=1S/C23H31N7O4/c1-14(31)27-12-18(26-10-3-9-24)15-8-11-28(13-15)19-7-6-17-20(21(19)34-2)29(16-4-5-16)23(33)30(25)22(17)32/h6-7,15-16,18,26H,3-5,8,10-13,25H2,1-2H3,(H,27,31). The van der Waals surface area contributed by atoms with Crippen molar-refractivity contribution in [1.29, 1.82) is 5.26 Å². The number of amides is 1. The highest BCUT2D eigenvalue weighted by atomic mass is 16.5. The van der Waals surface area contributed by atoms with Crippen LogP contribution in [0.4, 0.5) is 5.69 Å². The second-order valence-electron chi connectivity index (χ2n) is 8.97. The van der Waals surface area contributed by atoms with E-state index in [1.165, 1.54) is 6.92 Å². The summed E-state index contributed by atoms with van der Waals surface area (Å²) in [6, 6.07) is 5.72. The summed E-state index contributed by atoms with van der Waals surface area (Å²) >= 11 is 0. The smallest absolute Gasteiger partial charge is 0.350 e. The Kier molecular flexibility index (Phi) is 6.79. The van der Waals surface area contributed by atoms with Gasteiger partial charge in [0.1, 0.15) is 5.52 Å². The molecular weight excluding hydrogens is 438 g/mol. The summed E-state index contributed by atoms with van der Waals surface area (Å²) in [5.41, 5.74) is 0.227. The van der Waals surface area contributed by atoms with Crippen molar-refractivity contribution < 1.29 is 9.53 Å². The number of carbonyl (C=O) groups is 1. The molecule has 1 saturated carbocycles. The highest BCUT2D eigenvalue weighted by Crippen LogP contribution is 2.42. The van der Waals surface area contributed by atoms with Crippen LogP contribution in [-0.4, -0.2) is 54.5 Å². The Labute approximate surface area is 197 Å². The maximum Gasteiger partial charge on any atom is 0.350 e. The number of fused-ring (bicyclic) bond motifs is 1.